The second kappa shape index (κ2) is 16.5. The molecule has 0 bridgehead atoms. The number of fused-ring (bicyclic) bond motifs is 6. The lowest BCUT2D eigenvalue weighted by atomic mass is 9.99. The lowest BCUT2D eigenvalue weighted by molar-refractivity contribution is 0.995. The van der Waals surface area contributed by atoms with Crippen molar-refractivity contribution in [1.82, 2.24) is 19.5 Å². The van der Waals surface area contributed by atoms with Crippen LogP contribution < -0.4 is 0 Å². The zero-order chi connectivity index (χ0) is 40.3. The molecule has 0 amide bonds. The van der Waals surface area contributed by atoms with Gasteiger partial charge in [-0.25, -0.2) is 15.0 Å². The molecule has 2 aliphatic carbocycles. The third-order valence-electron chi connectivity index (χ3n) is 10.8. The van der Waals surface area contributed by atoms with E-state index in [-0.39, 0.29) is 0 Å². The van der Waals surface area contributed by atoms with E-state index < -0.39 is 0 Å². The minimum atomic E-state index is 0.619. The molecule has 5 heteroatoms. The van der Waals surface area contributed by atoms with Crippen LogP contribution in [0, 0.1) is 11.8 Å². The summed E-state index contributed by atoms with van der Waals surface area (Å²) in [6, 6.07) is 39.9. The number of nitrogens with zero attached hydrogens (tertiary/aromatic N) is 4. The van der Waals surface area contributed by atoms with Crippen molar-refractivity contribution >= 4 is 59.6 Å². The smallest absolute Gasteiger partial charge is 0.172 e. The predicted molar refractivity (Wildman–Crippen MR) is 253 cm³/mol. The van der Waals surface area contributed by atoms with Crippen molar-refractivity contribution in [3.8, 4) is 51.2 Å². The number of thiophene rings is 1. The number of hydrogen-bond donors (Lipinski definition) is 0. The Morgan fingerprint density at radius 2 is 1.51 bits per heavy atom. The molecule has 0 spiro atoms. The topological polar surface area (TPSA) is 43.6 Å². The van der Waals surface area contributed by atoms with E-state index in [1.54, 1.807) is 0 Å². The van der Waals surface area contributed by atoms with E-state index in [2.05, 4.69) is 156 Å². The summed E-state index contributed by atoms with van der Waals surface area (Å²) in [5.74, 6) is 8.39. The largest absolute Gasteiger partial charge is 0.313 e. The summed E-state index contributed by atoms with van der Waals surface area (Å²) in [4.78, 5) is 14.9. The average molecular weight is 781 g/mol. The van der Waals surface area contributed by atoms with Crippen molar-refractivity contribution in [2.24, 2.45) is 0 Å². The Labute approximate surface area is 350 Å². The Balaban J connectivity index is 0.00000221. The van der Waals surface area contributed by atoms with Crippen LogP contribution in [0.3, 0.4) is 0 Å². The van der Waals surface area contributed by atoms with Crippen LogP contribution in [0.1, 0.15) is 63.4 Å². The summed E-state index contributed by atoms with van der Waals surface area (Å²) in [6.45, 7) is 8.02. The fourth-order valence-corrected chi connectivity index (χ4v) is 9.32. The Kier molecular flexibility index (Phi) is 10.6. The quantitative estimate of drug-likeness (QED) is 0.119. The van der Waals surface area contributed by atoms with Gasteiger partial charge >= 0.3 is 0 Å². The number of rotatable bonds is 7. The van der Waals surface area contributed by atoms with Crippen molar-refractivity contribution in [1.29, 1.82) is 0 Å². The molecule has 2 aliphatic rings. The normalized spacial score (nSPS) is 13.6. The van der Waals surface area contributed by atoms with E-state index in [9.17, 15) is 0 Å². The van der Waals surface area contributed by atoms with Crippen LogP contribution in [0.25, 0.3) is 87.6 Å². The summed E-state index contributed by atoms with van der Waals surface area (Å²) in [5.41, 5.74) is 12.4. The molecule has 10 rings (SSSR count). The van der Waals surface area contributed by atoms with Crippen LogP contribution in [0.15, 0.2) is 152 Å². The zero-order valence-electron chi connectivity index (χ0n) is 33.8. The maximum Gasteiger partial charge on any atom is 0.172 e. The molecular weight excluding hydrogens is 737 g/mol. The minimum absolute atomic E-state index is 0.619. The Hall–Kier alpha value is -6.87. The predicted octanol–water partition coefficient (Wildman–Crippen LogP) is 14.5. The molecule has 286 valence electrons. The van der Waals surface area contributed by atoms with Crippen LogP contribution in [0.4, 0.5) is 0 Å². The number of hydrogen-bond acceptors (Lipinski definition) is 4. The Morgan fingerprint density at radius 3 is 2.31 bits per heavy atom. The third-order valence-corrected chi connectivity index (χ3v) is 12.1. The second-order valence-corrected chi connectivity index (χ2v) is 15.4. The lowest BCUT2D eigenvalue weighted by Crippen LogP contribution is -2.05. The fourth-order valence-electron chi connectivity index (χ4n) is 8.10. The molecule has 0 atom stereocenters. The second-order valence-electron chi connectivity index (χ2n) is 14.3. The molecule has 0 saturated heterocycles. The van der Waals surface area contributed by atoms with Crippen LogP contribution in [-0.2, 0) is 6.42 Å². The highest BCUT2D eigenvalue weighted by Crippen LogP contribution is 2.44. The molecule has 0 radical (unpaired) electrons. The van der Waals surface area contributed by atoms with Gasteiger partial charge in [0, 0.05) is 72.0 Å². The van der Waals surface area contributed by atoms with Crippen LogP contribution in [0.5, 0.6) is 0 Å². The van der Waals surface area contributed by atoms with Gasteiger partial charge in [-0.1, -0.05) is 159 Å². The molecule has 8 aromatic rings. The molecule has 3 heterocycles. The first kappa shape index (κ1) is 37.7. The van der Waals surface area contributed by atoms with Gasteiger partial charge in [-0.15, -0.1) is 11.3 Å². The van der Waals surface area contributed by atoms with Gasteiger partial charge in [-0.05, 0) is 61.2 Å². The van der Waals surface area contributed by atoms with Crippen LogP contribution in [0.2, 0.25) is 0 Å². The highest BCUT2D eigenvalue weighted by atomic mass is 32.1. The van der Waals surface area contributed by atoms with E-state index in [4.69, 9.17) is 15.0 Å². The molecule has 0 fully saturated rings. The monoisotopic (exact) mass is 780 g/mol. The highest BCUT2D eigenvalue weighted by molar-refractivity contribution is 7.26. The van der Waals surface area contributed by atoms with E-state index in [0.717, 1.165) is 47.2 Å². The first-order chi connectivity index (χ1) is 29.2. The van der Waals surface area contributed by atoms with Crippen molar-refractivity contribution in [3.63, 3.8) is 0 Å². The van der Waals surface area contributed by atoms with E-state index in [1.807, 2.05) is 57.3 Å². The van der Waals surface area contributed by atoms with Crippen molar-refractivity contribution in [3.05, 3.63) is 175 Å². The summed E-state index contributed by atoms with van der Waals surface area (Å²) < 4.78 is 5.06. The van der Waals surface area contributed by atoms with E-state index in [0.29, 0.717) is 17.5 Å². The molecule has 3 aromatic heterocycles. The van der Waals surface area contributed by atoms with Gasteiger partial charge in [0.2, 0.25) is 0 Å². The van der Waals surface area contributed by atoms with Gasteiger partial charge in [0.1, 0.15) is 0 Å². The molecule has 0 N–H and O–H groups in total. The van der Waals surface area contributed by atoms with Crippen molar-refractivity contribution in [2.75, 3.05) is 0 Å². The molecule has 4 nitrogen and oxygen atoms in total. The summed E-state index contributed by atoms with van der Waals surface area (Å²) >= 11 is 1.86. The first-order valence-electron chi connectivity index (χ1n) is 20.5. The number of aromatic nitrogens is 4. The minimum Gasteiger partial charge on any atom is -0.313 e. The van der Waals surface area contributed by atoms with Gasteiger partial charge in [0.15, 0.2) is 17.5 Å². The van der Waals surface area contributed by atoms with Gasteiger partial charge < -0.3 is 4.57 Å². The molecular formula is C54H44N4S. The third kappa shape index (κ3) is 7.07. The van der Waals surface area contributed by atoms with Crippen LogP contribution >= 0.6 is 11.3 Å². The van der Waals surface area contributed by atoms with Gasteiger partial charge in [-0.2, -0.15) is 0 Å². The SMILES string of the molecule is C/C=C\C(=C/C)c1nc(C2=CCCC#C2)nc(-c2ccc(-c3cc(-n4c5c(c6ccc(-c7ccccc7)cc64)C=CC=CC5)cc4c3sc3ccccc34)cc2)n1.CC. The van der Waals surface area contributed by atoms with Crippen molar-refractivity contribution < 1.29 is 0 Å². The van der Waals surface area contributed by atoms with Gasteiger partial charge in [-0.3, -0.25) is 0 Å². The van der Waals surface area contributed by atoms with E-state index >= 15 is 0 Å². The summed E-state index contributed by atoms with van der Waals surface area (Å²) in [6.07, 6.45) is 19.7. The average Bonchev–Trinajstić information content (AvgIpc) is 3.72. The molecule has 5 aromatic carbocycles. The maximum atomic E-state index is 4.99. The standard InChI is InChI=1S/C52H38N4S.C2H6/c1-3-16-34(4-2)50-53-51(37-19-10-6-11-20-37)55-52(54-50)38-27-25-36(26-28-38)44-32-40(33-45-43-22-14-15-24-48(43)57-49(44)45)56-46-23-13-7-12-21-41(46)42-30-29-39(31-47(42)56)35-17-8-5-9-18-35;1-2/h3-5,7-9,12-19,21-22,24-33H,6,10,23H2,1-2H3;1-2H3/b16-3-,34-4+;. The fraction of sp³-hybridized carbons (Fsp3) is 0.130. The van der Waals surface area contributed by atoms with Crippen LogP contribution in [-0.4, -0.2) is 19.5 Å². The Bertz CT molecular complexity index is 3100. The highest BCUT2D eigenvalue weighted by Gasteiger charge is 2.21. The molecule has 0 aliphatic heterocycles. The summed E-state index contributed by atoms with van der Waals surface area (Å²) in [5, 5.41) is 3.79. The summed E-state index contributed by atoms with van der Waals surface area (Å²) in [7, 11) is 0. The molecule has 0 unspecified atom stereocenters. The maximum absolute atomic E-state index is 4.99. The zero-order valence-corrected chi connectivity index (χ0v) is 34.6. The first-order valence-corrected chi connectivity index (χ1v) is 21.4. The number of allylic oxidation sites excluding steroid dienone is 9. The van der Waals surface area contributed by atoms with E-state index in [1.165, 1.54) is 59.0 Å². The lowest BCUT2D eigenvalue weighted by Gasteiger charge is -2.15. The van der Waals surface area contributed by atoms with Gasteiger partial charge in [0.25, 0.3) is 0 Å². The molecule has 59 heavy (non-hydrogen) atoms. The Morgan fingerprint density at radius 1 is 0.729 bits per heavy atom. The van der Waals surface area contributed by atoms with Crippen molar-refractivity contribution in [2.45, 2.75) is 47.0 Å². The number of benzene rings is 5. The van der Waals surface area contributed by atoms with Gasteiger partial charge in [0.05, 0.1) is 11.1 Å². The molecule has 0 saturated carbocycles.